The van der Waals surface area contributed by atoms with Gasteiger partial charge in [-0.3, -0.25) is 0 Å². The van der Waals surface area contributed by atoms with Crippen LogP contribution in [0.1, 0.15) is 31.7 Å². The first-order chi connectivity index (χ1) is 6.84. The molecular weight excluding hydrogens is 178 g/mol. The molecule has 2 aliphatic heterocycles. The third kappa shape index (κ3) is 1.14. The van der Waals surface area contributed by atoms with E-state index >= 15 is 0 Å². The van der Waals surface area contributed by atoms with Crippen LogP contribution in [-0.2, 0) is 4.74 Å². The number of hydrogen-bond acceptors (Lipinski definition) is 3. The van der Waals surface area contributed by atoms with Crippen molar-refractivity contribution in [2.45, 2.75) is 43.9 Å². The van der Waals surface area contributed by atoms with Crippen LogP contribution >= 0.6 is 0 Å². The maximum Gasteiger partial charge on any atom is 0.122 e. The fourth-order valence-corrected chi connectivity index (χ4v) is 2.65. The smallest absolute Gasteiger partial charge is 0.122 e. The molecule has 3 heterocycles. The van der Waals surface area contributed by atoms with Gasteiger partial charge < -0.3 is 10.5 Å². The van der Waals surface area contributed by atoms with Gasteiger partial charge in [0, 0.05) is 0 Å². The highest BCUT2D eigenvalue weighted by Crippen LogP contribution is 2.39. The number of aromatic nitrogens is 2. The van der Waals surface area contributed by atoms with Crippen LogP contribution in [-0.4, -0.2) is 22.0 Å². The molecule has 0 radical (unpaired) electrons. The van der Waals surface area contributed by atoms with Crippen LogP contribution in [0.2, 0.25) is 0 Å². The summed E-state index contributed by atoms with van der Waals surface area (Å²) in [5.74, 6) is 0.754. The molecule has 3 atom stereocenters. The zero-order chi connectivity index (χ0) is 9.54. The van der Waals surface area contributed by atoms with Crippen LogP contribution in [0.3, 0.4) is 0 Å². The lowest BCUT2D eigenvalue weighted by Gasteiger charge is -2.29. The number of hydrogen-bond donors (Lipinski definition) is 1. The molecule has 2 fully saturated rings. The zero-order valence-electron chi connectivity index (χ0n) is 8.10. The van der Waals surface area contributed by atoms with E-state index in [0.717, 1.165) is 25.1 Å². The molecule has 1 aromatic rings. The van der Waals surface area contributed by atoms with Crippen molar-refractivity contribution in [1.29, 1.82) is 0 Å². The summed E-state index contributed by atoms with van der Waals surface area (Å²) < 4.78 is 7.80. The molecule has 2 N–H and O–H groups in total. The maximum absolute atomic E-state index is 5.87. The molecule has 0 saturated carbocycles. The van der Waals surface area contributed by atoms with Gasteiger partial charge in [0.15, 0.2) is 0 Å². The monoisotopic (exact) mass is 193 g/mol. The van der Waals surface area contributed by atoms with Gasteiger partial charge in [0.25, 0.3) is 0 Å². The second-order valence-corrected chi connectivity index (χ2v) is 4.22. The number of nitrogens with zero attached hydrogens (tertiary/aromatic N) is 2. The molecule has 76 valence electrons. The molecule has 0 aliphatic carbocycles. The van der Waals surface area contributed by atoms with Crippen LogP contribution in [0.15, 0.2) is 12.3 Å². The Bertz CT molecular complexity index is 336. The van der Waals surface area contributed by atoms with Gasteiger partial charge in [-0.2, -0.15) is 5.10 Å². The average Bonchev–Trinajstić information content (AvgIpc) is 2.76. The Hall–Kier alpha value is -1.03. The minimum Gasteiger partial charge on any atom is -0.384 e. The number of rotatable bonds is 1. The van der Waals surface area contributed by atoms with Gasteiger partial charge in [0.1, 0.15) is 5.82 Å². The molecule has 3 unspecified atom stereocenters. The minimum atomic E-state index is 0.343. The molecule has 3 rings (SSSR count). The van der Waals surface area contributed by atoms with E-state index in [0.29, 0.717) is 18.2 Å². The summed E-state index contributed by atoms with van der Waals surface area (Å²) in [6.45, 7) is 0. The van der Waals surface area contributed by atoms with Gasteiger partial charge >= 0.3 is 0 Å². The maximum atomic E-state index is 5.87. The SMILES string of the molecule is Nc1ccnn1C1CCC2CCC1O2. The van der Waals surface area contributed by atoms with E-state index < -0.39 is 0 Å². The first-order valence-corrected chi connectivity index (χ1v) is 5.29. The van der Waals surface area contributed by atoms with Crippen molar-refractivity contribution >= 4 is 5.82 Å². The third-order valence-corrected chi connectivity index (χ3v) is 3.37. The van der Waals surface area contributed by atoms with Crippen molar-refractivity contribution in [2.75, 3.05) is 5.73 Å². The number of nitrogens with two attached hydrogens (primary N) is 1. The first-order valence-electron chi connectivity index (χ1n) is 5.29. The van der Waals surface area contributed by atoms with Gasteiger partial charge in [-0.15, -0.1) is 0 Å². The van der Waals surface area contributed by atoms with Crippen molar-refractivity contribution in [3.8, 4) is 0 Å². The standard InChI is InChI=1S/C10H15N3O/c11-10-5-6-12-13(10)8-3-1-7-2-4-9(8)14-7/h5-9H,1-4,11H2. The summed E-state index contributed by atoms with van der Waals surface area (Å²) in [6.07, 6.45) is 7.29. The summed E-state index contributed by atoms with van der Waals surface area (Å²) in [7, 11) is 0. The Balaban J connectivity index is 1.88. The highest BCUT2D eigenvalue weighted by molar-refractivity contribution is 5.27. The number of ether oxygens (including phenoxy) is 1. The Morgan fingerprint density at radius 1 is 1.36 bits per heavy atom. The van der Waals surface area contributed by atoms with Crippen molar-refractivity contribution < 1.29 is 4.74 Å². The van der Waals surface area contributed by atoms with E-state index in [1.807, 2.05) is 10.7 Å². The number of fused-ring (bicyclic) bond motifs is 2. The minimum absolute atomic E-state index is 0.343. The van der Waals surface area contributed by atoms with Gasteiger partial charge in [0.05, 0.1) is 24.4 Å². The Morgan fingerprint density at radius 3 is 3.00 bits per heavy atom. The van der Waals surface area contributed by atoms with Crippen molar-refractivity contribution in [1.82, 2.24) is 9.78 Å². The van der Waals surface area contributed by atoms with Gasteiger partial charge in [-0.25, -0.2) is 4.68 Å². The summed E-state index contributed by atoms with van der Waals surface area (Å²) in [4.78, 5) is 0. The average molecular weight is 193 g/mol. The van der Waals surface area contributed by atoms with E-state index in [9.17, 15) is 0 Å². The highest BCUT2D eigenvalue weighted by Gasteiger charge is 2.38. The van der Waals surface area contributed by atoms with Crippen LogP contribution in [0.4, 0.5) is 5.82 Å². The van der Waals surface area contributed by atoms with E-state index in [4.69, 9.17) is 10.5 Å². The molecule has 14 heavy (non-hydrogen) atoms. The van der Waals surface area contributed by atoms with Crippen molar-refractivity contribution in [3.63, 3.8) is 0 Å². The van der Waals surface area contributed by atoms with E-state index in [1.54, 1.807) is 6.20 Å². The van der Waals surface area contributed by atoms with Crippen LogP contribution < -0.4 is 5.73 Å². The lowest BCUT2D eigenvalue weighted by atomic mass is 10.0. The topological polar surface area (TPSA) is 53.1 Å². The predicted molar refractivity (Wildman–Crippen MR) is 52.8 cm³/mol. The fraction of sp³-hybridized carbons (Fsp3) is 0.700. The quantitative estimate of drug-likeness (QED) is 0.732. The molecule has 4 nitrogen and oxygen atoms in total. The zero-order valence-corrected chi connectivity index (χ0v) is 8.10. The summed E-state index contributed by atoms with van der Waals surface area (Å²) in [5.41, 5.74) is 5.85. The largest absolute Gasteiger partial charge is 0.384 e. The highest BCUT2D eigenvalue weighted by atomic mass is 16.5. The molecule has 1 aromatic heterocycles. The summed E-state index contributed by atoms with van der Waals surface area (Å²) in [5, 5.41) is 4.27. The normalized spacial score (nSPS) is 36.1. The van der Waals surface area contributed by atoms with Crippen molar-refractivity contribution in [2.24, 2.45) is 0 Å². The third-order valence-electron chi connectivity index (χ3n) is 3.37. The molecular formula is C10H15N3O. The predicted octanol–water partition coefficient (Wildman–Crippen LogP) is 1.35. The summed E-state index contributed by atoms with van der Waals surface area (Å²) in [6, 6.07) is 2.21. The molecule has 2 saturated heterocycles. The van der Waals surface area contributed by atoms with Crippen molar-refractivity contribution in [3.05, 3.63) is 12.3 Å². The molecule has 0 amide bonds. The lowest BCUT2D eigenvalue weighted by Crippen LogP contribution is -2.31. The van der Waals surface area contributed by atoms with Gasteiger partial charge in [0.2, 0.25) is 0 Å². The van der Waals surface area contributed by atoms with E-state index in [-0.39, 0.29) is 0 Å². The second kappa shape index (κ2) is 2.98. The van der Waals surface area contributed by atoms with Gasteiger partial charge in [-0.05, 0) is 31.7 Å². The lowest BCUT2D eigenvalue weighted by molar-refractivity contribution is -0.0294. The fourth-order valence-electron chi connectivity index (χ4n) is 2.65. The van der Waals surface area contributed by atoms with Gasteiger partial charge in [-0.1, -0.05) is 0 Å². The van der Waals surface area contributed by atoms with E-state index in [1.165, 1.54) is 6.42 Å². The number of nitrogen functional groups attached to an aromatic ring is 1. The second-order valence-electron chi connectivity index (χ2n) is 4.22. The first kappa shape index (κ1) is 8.29. The molecule has 2 bridgehead atoms. The molecule has 0 spiro atoms. The molecule has 2 aliphatic rings. The molecule has 4 heteroatoms. The van der Waals surface area contributed by atoms with Crippen LogP contribution in [0.5, 0.6) is 0 Å². The van der Waals surface area contributed by atoms with E-state index in [2.05, 4.69) is 5.10 Å². The Kier molecular flexibility index (Phi) is 1.77. The molecule has 0 aromatic carbocycles. The van der Waals surface area contributed by atoms with Crippen LogP contribution in [0.25, 0.3) is 0 Å². The van der Waals surface area contributed by atoms with Crippen LogP contribution in [0, 0.1) is 0 Å². The Morgan fingerprint density at radius 2 is 2.21 bits per heavy atom. The summed E-state index contributed by atoms with van der Waals surface area (Å²) >= 11 is 0. The number of anilines is 1. The Labute approximate surface area is 83.0 Å².